The van der Waals surface area contributed by atoms with Crippen LogP contribution in [0.2, 0.25) is 4.47 Å². The minimum Gasteiger partial charge on any atom is -0.353 e. The molecule has 0 saturated carbocycles. The van der Waals surface area contributed by atoms with E-state index in [0.29, 0.717) is 10.3 Å². The van der Waals surface area contributed by atoms with Gasteiger partial charge in [0.1, 0.15) is 11.6 Å². The van der Waals surface area contributed by atoms with Crippen molar-refractivity contribution in [3.63, 3.8) is 0 Å². The summed E-state index contributed by atoms with van der Waals surface area (Å²) in [6.07, 6.45) is 3.67. The van der Waals surface area contributed by atoms with Crippen molar-refractivity contribution in [1.82, 2.24) is 9.97 Å². The molecule has 0 unspecified atom stereocenters. The fraction of sp³-hybridized carbons (Fsp3) is 0.273. The molecule has 0 atom stereocenters. The van der Waals surface area contributed by atoms with Crippen LogP contribution in [-0.2, 0) is 6.54 Å². The second kappa shape index (κ2) is 5.76. The van der Waals surface area contributed by atoms with Gasteiger partial charge in [-0.3, -0.25) is 5.32 Å². The molecule has 7 heteroatoms. The molecule has 2 aromatic rings. The first kappa shape index (κ1) is 12.7. The van der Waals surface area contributed by atoms with Crippen LogP contribution in [0.15, 0.2) is 18.3 Å². The summed E-state index contributed by atoms with van der Waals surface area (Å²) in [5, 5.41) is 11.1. The number of anilines is 2. The zero-order chi connectivity index (χ0) is 13.0. The molecule has 0 aliphatic carbocycles. The molecule has 5 nitrogen and oxygen atoms in total. The van der Waals surface area contributed by atoms with Crippen molar-refractivity contribution in [3.05, 3.63) is 27.7 Å². The van der Waals surface area contributed by atoms with E-state index in [-0.39, 0.29) is 0 Å². The number of nitrogens with one attached hydrogen (secondary N) is 2. The number of nitrogens with zero attached hydrogens (tertiary/aromatic N) is 3. The van der Waals surface area contributed by atoms with Gasteiger partial charge in [0.25, 0.3) is 0 Å². The zero-order valence-electron chi connectivity index (χ0n) is 9.77. The van der Waals surface area contributed by atoms with Gasteiger partial charge in [0.2, 0.25) is 0 Å². The quantitative estimate of drug-likeness (QED) is 0.653. The minimum absolute atomic E-state index is 0.555. The van der Waals surface area contributed by atoms with Crippen molar-refractivity contribution in [2.75, 3.05) is 16.8 Å². The van der Waals surface area contributed by atoms with Gasteiger partial charge >= 0.3 is 0 Å². The predicted molar refractivity (Wildman–Crippen MR) is 73.9 cm³/mol. The molecule has 0 aliphatic rings. The lowest BCUT2D eigenvalue weighted by Gasteiger charge is -2.20. The van der Waals surface area contributed by atoms with Crippen LogP contribution in [0.1, 0.15) is 11.8 Å². The molecule has 2 N–H and O–H groups in total. The maximum Gasteiger partial charge on any atom is 0.183 e. The Labute approximate surface area is 114 Å². The van der Waals surface area contributed by atoms with Gasteiger partial charge in [-0.2, -0.15) is 5.26 Å². The van der Waals surface area contributed by atoms with Crippen molar-refractivity contribution in [1.29, 1.82) is 5.26 Å². The third-order valence-electron chi connectivity index (χ3n) is 2.46. The first-order valence-corrected chi connectivity index (χ1v) is 6.61. The molecule has 0 spiro atoms. The normalized spacial score (nSPS) is 10.1. The first-order chi connectivity index (χ1) is 8.72. The van der Waals surface area contributed by atoms with Crippen LogP contribution < -0.4 is 10.2 Å². The molecule has 0 fully saturated rings. The van der Waals surface area contributed by atoms with Gasteiger partial charge in [-0.05, 0) is 19.1 Å². The summed E-state index contributed by atoms with van der Waals surface area (Å²) in [6.45, 7) is 3.66. The highest BCUT2D eigenvalue weighted by molar-refractivity contribution is 7.15. The van der Waals surface area contributed by atoms with E-state index in [1.807, 2.05) is 18.3 Å². The number of H-pyrrole nitrogens is 1. The summed E-state index contributed by atoms with van der Waals surface area (Å²) >= 11 is 7.29. The van der Waals surface area contributed by atoms with Gasteiger partial charge in [0, 0.05) is 17.6 Å². The van der Waals surface area contributed by atoms with E-state index in [0.717, 1.165) is 23.8 Å². The molecular formula is C11H12ClN5S. The fourth-order valence-corrected chi connectivity index (χ4v) is 2.61. The van der Waals surface area contributed by atoms with E-state index < -0.39 is 0 Å². The van der Waals surface area contributed by atoms with Crippen LogP contribution in [0.25, 0.3) is 0 Å². The topological polar surface area (TPSA) is 67.7 Å². The average molecular weight is 282 g/mol. The van der Waals surface area contributed by atoms with Gasteiger partial charge in [-0.1, -0.05) is 11.6 Å². The van der Waals surface area contributed by atoms with Crippen LogP contribution in [0.4, 0.5) is 11.6 Å². The Hall–Kier alpha value is -1.71. The summed E-state index contributed by atoms with van der Waals surface area (Å²) in [7, 11) is 0. The van der Waals surface area contributed by atoms with E-state index in [4.69, 9.17) is 16.9 Å². The van der Waals surface area contributed by atoms with Gasteiger partial charge in [0.15, 0.2) is 10.7 Å². The Bertz CT molecular complexity index is 556. The minimum atomic E-state index is 0.555. The molecular weight excluding hydrogens is 270 g/mol. The van der Waals surface area contributed by atoms with Crippen molar-refractivity contribution >= 4 is 34.6 Å². The Kier molecular flexibility index (Phi) is 4.07. The smallest absolute Gasteiger partial charge is 0.183 e. The van der Waals surface area contributed by atoms with E-state index in [1.165, 1.54) is 11.3 Å². The third kappa shape index (κ3) is 2.94. The molecule has 2 aromatic heterocycles. The first-order valence-electron chi connectivity index (χ1n) is 5.42. The van der Waals surface area contributed by atoms with Gasteiger partial charge in [-0.25, -0.2) is 4.98 Å². The molecule has 0 saturated heterocycles. The average Bonchev–Trinajstić information content (AvgIpc) is 2.96. The van der Waals surface area contributed by atoms with E-state index >= 15 is 0 Å². The van der Waals surface area contributed by atoms with Crippen LogP contribution in [0.5, 0.6) is 0 Å². The molecule has 0 aromatic carbocycles. The maximum atomic E-state index is 8.55. The molecule has 0 radical (unpaired) electrons. The van der Waals surface area contributed by atoms with Crippen LogP contribution in [0.3, 0.4) is 0 Å². The highest BCUT2D eigenvalue weighted by atomic mass is 35.5. The van der Waals surface area contributed by atoms with Crippen molar-refractivity contribution < 1.29 is 0 Å². The van der Waals surface area contributed by atoms with E-state index in [1.54, 1.807) is 6.20 Å². The Balaban J connectivity index is 2.10. The number of rotatable bonds is 5. The molecule has 2 heterocycles. The SMILES string of the molecule is CCN(Cc1cnc(Cl)s1)c1ccc(NC#N)[nH]1. The summed E-state index contributed by atoms with van der Waals surface area (Å²) in [4.78, 5) is 10.4. The number of nitriles is 1. The van der Waals surface area contributed by atoms with E-state index in [9.17, 15) is 0 Å². The number of hydrogen-bond donors (Lipinski definition) is 2. The maximum absolute atomic E-state index is 8.55. The predicted octanol–water partition coefficient (Wildman–Crippen LogP) is 3.04. The number of thiazole rings is 1. The van der Waals surface area contributed by atoms with E-state index in [2.05, 4.69) is 27.1 Å². The van der Waals surface area contributed by atoms with Crippen LogP contribution in [-0.4, -0.2) is 16.5 Å². The molecule has 94 valence electrons. The lowest BCUT2D eigenvalue weighted by Crippen LogP contribution is -2.21. The summed E-state index contributed by atoms with van der Waals surface area (Å²) < 4.78 is 0.555. The monoisotopic (exact) mass is 281 g/mol. The van der Waals surface area contributed by atoms with Crippen molar-refractivity contribution in [2.24, 2.45) is 0 Å². The number of hydrogen-bond acceptors (Lipinski definition) is 5. The lowest BCUT2D eigenvalue weighted by atomic mass is 10.4. The highest BCUT2D eigenvalue weighted by Crippen LogP contribution is 2.23. The largest absolute Gasteiger partial charge is 0.353 e. The Morgan fingerprint density at radius 3 is 3.06 bits per heavy atom. The molecule has 0 bridgehead atoms. The summed E-state index contributed by atoms with van der Waals surface area (Å²) in [5.41, 5.74) is 0. The number of aromatic nitrogens is 2. The Morgan fingerprint density at radius 1 is 1.61 bits per heavy atom. The second-order valence-corrected chi connectivity index (χ2v) is 5.29. The van der Waals surface area contributed by atoms with Crippen LogP contribution >= 0.6 is 22.9 Å². The molecule has 0 amide bonds. The van der Waals surface area contributed by atoms with Gasteiger partial charge < -0.3 is 9.88 Å². The molecule has 18 heavy (non-hydrogen) atoms. The summed E-state index contributed by atoms with van der Waals surface area (Å²) in [6, 6.07) is 3.77. The van der Waals surface area contributed by atoms with Gasteiger partial charge in [-0.15, -0.1) is 11.3 Å². The van der Waals surface area contributed by atoms with Crippen LogP contribution in [0, 0.1) is 11.5 Å². The highest BCUT2D eigenvalue weighted by Gasteiger charge is 2.09. The van der Waals surface area contributed by atoms with Crippen molar-refractivity contribution in [2.45, 2.75) is 13.5 Å². The summed E-state index contributed by atoms with van der Waals surface area (Å²) in [5.74, 6) is 1.65. The second-order valence-electron chi connectivity index (χ2n) is 3.59. The lowest BCUT2D eigenvalue weighted by molar-refractivity contribution is 0.827. The molecule has 0 aliphatic heterocycles. The van der Waals surface area contributed by atoms with Crippen molar-refractivity contribution in [3.8, 4) is 6.19 Å². The van der Waals surface area contributed by atoms with Gasteiger partial charge in [0.05, 0.1) is 6.54 Å². The Morgan fingerprint density at radius 2 is 2.44 bits per heavy atom. The molecule has 2 rings (SSSR count). The standard InChI is InChI=1S/C11H12ClN5S/c1-2-17(6-8-5-14-11(12)18-8)10-4-3-9(16-10)15-7-13/h3-5,15-16H,2,6H2,1H3. The third-order valence-corrected chi connectivity index (χ3v) is 3.56. The fourth-order valence-electron chi connectivity index (χ4n) is 1.61. The number of aromatic amines is 1. The zero-order valence-corrected chi connectivity index (χ0v) is 11.3. The number of halogens is 1.